The van der Waals surface area contributed by atoms with Crippen molar-refractivity contribution >= 4 is 40.2 Å². The lowest BCUT2D eigenvalue weighted by molar-refractivity contribution is 0.868. The molecule has 4 aromatic rings. The summed E-state index contributed by atoms with van der Waals surface area (Å²) >= 11 is 6.48. The molecule has 0 fully saturated rings. The number of halogens is 1. The summed E-state index contributed by atoms with van der Waals surface area (Å²) in [7, 11) is 1.92. The van der Waals surface area contributed by atoms with Crippen LogP contribution in [0.1, 0.15) is 11.3 Å². The first-order chi connectivity index (χ1) is 12.6. The smallest absolute Gasteiger partial charge is 0.227 e. The fourth-order valence-corrected chi connectivity index (χ4v) is 2.95. The zero-order valence-electron chi connectivity index (χ0n) is 14.3. The van der Waals surface area contributed by atoms with Crippen LogP contribution in [0.2, 0.25) is 5.02 Å². The lowest BCUT2D eigenvalue weighted by Gasteiger charge is -2.18. The van der Waals surface area contributed by atoms with Gasteiger partial charge in [0.25, 0.3) is 0 Å². The van der Waals surface area contributed by atoms with Gasteiger partial charge in [0.15, 0.2) is 5.82 Å². The largest absolute Gasteiger partial charge is 0.345 e. The van der Waals surface area contributed by atoms with Gasteiger partial charge in [-0.05, 0) is 24.6 Å². The normalized spacial score (nSPS) is 11.0. The molecule has 3 heterocycles. The molecule has 132 valence electrons. The molecule has 3 N–H and O–H groups in total. The minimum atomic E-state index is 0.562. The SMILES string of the molecule is Cc1cc(Nc2ccnc(N(C)Cc3ccc4[nH]cnc4c3Cl)n2)n[nH]1. The molecule has 0 atom stereocenters. The van der Waals surface area contributed by atoms with Crippen LogP contribution in [0.4, 0.5) is 17.6 Å². The van der Waals surface area contributed by atoms with E-state index in [1.54, 1.807) is 18.6 Å². The molecule has 1 aromatic carbocycles. The fourth-order valence-electron chi connectivity index (χ4n) is 2.68. The Bertz CT molecular complexity index is 1050. The Morgan fingerprint density at radius 1 is 1.19 bits per heavy atom. The number of fused-ring (bicyclic) bond motifs is 1. The molecule has 0 bridgehead atoms. The molecule has 4 rings (SSSR count). The third-order valence-corrected chi connectivity index (χ3v) is 4.39. The number of hydrogen-bond acceptors (Lipinski definition) is 6. The average Bonchev–Trinajstić information content (AvgIpc) is 3.27. The second-order valence-corrected chi connectivity index (χ2v) is 6.37. The van der Waals surface area contributed by atoms with Gasteiger partial charge in [0.1, 0.15) is 11.3 Å². The van der Waals surface area contributed by atoms with E-state index in [4.69, 9.17) is 11.6 Å². The van der Waals surface area contributed by atoms with Crippen molar-refractivity contribution in [3.05, 3.63) is 53.1 Å². The number of rotatable bonds is 5. The number of aromatic amines is 2. The fraction of sp³-hybridized carbons (Fsp3) is 0.176. The van der Waals surface area contributed by atoms with Gasteiger partial charge in [0, 0.05) is 31.5 Å². The summed E-state index contributed by atoms with van der Waals surface area (Å²) in [5.41, 5.74) is 3.61. The van der Waals surface area contributed by atoms with Crippen LogP contribution in [-0.2, 0) is 6.54 Å². The number of nitrogens with zero attached hydrogens (tertiary/aromatic N) is 5. The minimum absolute atomic E-state index is 0.562. The molecule has 0 aliphatic heterocycles. The molecule has 0 saturated carbocycles. The molecule has 26 heavy (non-hydrogen) atoms. The van der Waals surface area contributed by atoms with Gasteiger partial charge >= 0.3 is 0 Å². The molecule has 0 unspecified atom stereocenters. The number of imidazole rings is 1. The Balaban J connectivity index is 1.54. The van der Waals surface area contributed by atoms with Gasteiger partial charge in [0.05, 0.1) is 16.9 Å². The van der Waals surface area contributed by atoms with Crippen molar-refractivity contribution < 1.29 is 0 Å². The van der Waals surface area contributed by atoms with Gasteiger partial charge in [-0.15, -0.1) is 0 Å². The molecule has 9 heteroatoms. The topological polar surface area (TPSA) is 98.4 Å². The Morgan fingerprint density at radius 3 is 2.88 bits per heavy atom. The van der Waals surface area contributed by atoms with Gasteiger partial charge in [-0.2, -0.15) is 10.1 Å². The molecule has 0 aliphatic rings. The first-order valence-corrected chi connectivity index (χ1v) is 8.41. The summed E-state index contributed by atoms with van der Waals surface area (Å²) in [5, 5.41) is 10.8. The molecular formula is C17H17ClN8. The summed E-state index contributed by atoms with van der Waals surface area (Å²) in [6, 6.07) is 7.65. The molecule has 0 spiro atoms. The Morgan fingerprint density at radius 2 is 2.08 bits per heavy atom. The summed E-state index contributed by atoms with van der Waals surface area (Å²) < 4.78 is 0. The van der Waals surface area contributed by atoms with Gasteiger partial charge in [0.2, 0.25) is 5.95 Å². The van der Waals surface area contributed by atoms with Crippen molar-refractivity contribution in [1.29, 1.82) is 0 Å². The van der Waals surface area contributed by atoms with Crippen LogP contribution in [0.25, 0.3) is 11.0 Å². The van der Waals surface area contributed by atoms with E-state index < -0.39 is 0 Å². The number of anilines is 3. The number of aryl methyl sites for hydroxylation is 1. The maximum atomic E-state index is 6.48. The Kier molecular flexibility index (Phi) is 4.18. The minimum Gasteiger partial charge on any atom is -0.345 e. The number of benzene rings is 1. The van der Waals surface area contributed by atoms with Gasteiger partial charge < -0.3 is 15.2 Å². The Hall–Kier alpha value is -3.13. The van der Waals surface area contributed by atoms with Crippen molar-refractivity contribution in [2.75, 3.05) is 17.3 Å². The van der Waals surface area contributed by atoms with E-state index in [0.717, 1.165) is 22.3 Å². The molecule has 3 aromatic heterocycles. The highest BCUT2D eigenvalue weighted by atomic mass is 35.5. The van der Waals surface area contributed by atoms with E-state index in [1.165, 1.54) is 0 Å². The van der Waals surface area contributed by atoms with Crippen molar-refractivity contribution in [2.45, 2.75) is 13.5 Å². The maximum Gasteiger partial charge on any atom is 0.227 e. The van der Waals surface area contributed by atoms with Crippen LogP contribution >= 0.6 is 11.6 Å². The van der Waals surface area contributed by atoms with Crippen molar-refractivity contribution in [3.63, 3.8) is 0 Å². The van der Waals surface area contributed by atoms with E-state index >= 15 is 0 Å². The van der Waals surface area contributed by atoms with Crippen molar-refractivity contribution in [3.8, 4) is 0 Å². The van der Waals surface area contributed by atoms with Crippen LogP contribution in [0.15, 0.2) is 36.8 Å². The van der Waals surface area contributed by atoms with Crippen LogP contribution in [0.5, 0.6) is 0 Å². The number of H-pyrrole nitrogens is 2. The summed E-state index contributed by atoms with van der Waals surface area (Å²) in [6.07, 6.45) is 3.35. The van der Waals surface area contributed by atoms with E-state index in [-0.39, 0.29) is 0 Å². The van der Waals surface area contributed by atoms with E-state index in [1.807, 2.05) is 37.1 Å². The number of aromatic nitrogens is 6. The number of nitrogens with one attached hydrogen (secondary N) is 3. The monoisotopic (exact) mass is 368 g/mol. The van der Waals surface area contributed by atoms with Crippen LogP contribution in [-0.4, -0.2) is 37.2 Å². The standard InChI is InChI=1S/C17H17ClN8/c1-10-7-14(25-24-10)22-13-5-6-19-17(23-13)26(2)8-11-3-4-12-16(15(11)18)21-9-20-12/h3-7,9H,8H2,1-2H3,(H,20,21)(H2,19,22,23,24,25). The van der Waals surface area contributed by atoms with Gasteiger partial charge in [-0.3, -0.25) is 5.10 Å². The van der Waals surface area contributed by atoms with Crippen LogP contribution < -0.4 is 10.2 Å². The first-order valence-electron chi connectivity index (χ1n) is 8.04. The first kappa shape index (κ1) is 16.3. The number of hydrogen-bond donors (Lipinski definition) is 3. The Labute approximate surface area is 154 Å². The highest BCUT2D eigenvalue weighted by Crippen LogP contribution is 2.26. The maximum absolute atomic E-state index is 6.48. The summed E-state index contributed by atoms with van der Waals surface area (Å²) in [5.74, 6) is 1.96. The third kappa shape index (κ3) is 3.18. The zero-order valence-corrected chi connectivity index (χ0v) is 15.0. The highest BCUT2D eigenvalue weighted by Gasteiger charge is 2.12. The molecule has 0 aliphatic carbocycles. The van der Waals surface area contributed by atoms with Gasteiger partial charge in [-0.25, -0.2) is 9.97 Å². The summed E-state index contributed by atoms with van der Waals surface area (Å²) in [4.78, 5) is 18.1. The lowest BCUT2D eigenvalue weighted by Crippen LogP contribution is -2.19. The quantitative estimate of drug-likeness (QED) is 0.499. The molecule has 0 radical (unpaired) electrons. The predicted molar refractivity (Wildman–Crippen MR) is 102 cm³/mol. The molecule has 0 saturated heterocycles. The van der Waals surface area contributed by atoms with Gasteiger partial charge in [-0.1, -0.05) is 17.7 Å². The van der Waals surface area contributed by atoms with Crippen LogP contribution in [0, 0.1) is 6.92 Å². The van der Waals surface area contributed by atoms with E-state index in [9.17, 15) is 0 Å². The highest BCUT2D eigenvalue weighted by molar-refractivity contribution is 6.35. The second-order valence-electron chi connectivity index (χ2n) is 6.00. The van der Waals surface area contributed by atoms with Crippen molar-refractivity contribution in [1.82, 2.24) is 30.1 Å². The molecule has 0 amide bonds. The molecular weight excluding hydrogens is 352 g/mol. The second kappa shape index (κ2) is 6.64. The zero-order chi connectivity index (χ0) is 18.1. The predicted octanol–water partition coefficient (Wildman–Crippen LogP) is 3.42. The van der Waals surface area contributed by atoms with E-state index in [2.05, 4.69) is 35.5 Å². The van der Waals surface area contributed by atoms with Crippen LogP contribution in [0.3, 0.4) is 0 Å². The lowest BCUT2D eigenvalue weighted by atomic mass is 10.2. The third-order valence-electron chi connectivity index (χ3n) is 3.96. The average molecular weight is 369 g/mol. The van der Waals surface area contributed by atoms with E-state index in [0.29, 0.717) is 29.2 Å². The molecule has 8 nitrogen and oxygen atoms in total. The van der Waals surface area contributed by atoms with Crippen molar-refractivity contribution in [2.24, 2.45) is 0 Å². The summed E-state index contributed by atoms with van der Waals surface area (Å²) in [6.45, 7) is 2.50.